The second kappa shape index (κ2) is 4.26. The van der Waals surface area contributed by atoms with Crippen molar-refractivity contribution in [3.63, 3.8) is 0 Å². The smallest absolute Gasteiger partial charge is 0.403 e. The van der Waals surface area contributed by atoms with Crippen molar-refractivity contribution in [2.75, 3.05) is 5.73 Å². The zero-order chi connectivity index (χ0) is 11.6. The number of ether oxygens (including phenoxy) is 1. The lowest BCUT2D eigenvalue weighted by atomic mass is 10.2. The van der Waals surface area contributed by atoms with Crippen molar-refractivity contribution >= 4 is 21.6 Å². The highest BCUT2D eigenvalue weighted by atomic mass is 79.9. The van der Waals surface area contributed by atoms with Gasteiger partial charge in [-0.05, 0) is 6.92 Å². The first-order valence-electron chi connectivity index (χ1n) is 3.91. The molecule has 0 radical (unpaired) electrons. The predicted octanol–water partition coefficient (Wildman–Crippen LogP) is 2.77. The summed E-state index contributed by atoms with van der Waals surface area (Å²) < 4.78 is 40.1. The van der Waals surface area contributed by atoms with Gasteiger partial charge in [-0.1, -0.05) is 15.9 Å². The maximum atomic E-state index is 12.1. The molecule has 7 heteroatoms. The van der Waals surface area contributed by atoms with Crippen molar-refractivity contribution in [2.24, 2.45) is 0 Å². The molecule has 0 aliphatic carbocycles. The van der Waals surface area contributed by atoms with Crippen LogP contribution in [-0.4, -0.2) is 11.3 Å². The van der Waals surface area contributed by atoms with Gasteiger partial charge in [-0.2, -0.15) is 0 Å². The zero-order valence-electron chi connectivity index (χ0n) is 7.73. The average molecular weight is 285 g/mol. The van der Waals surface area contributed by atoms with Gasteiger partial charge < -0.3 is 10.5 Å². The van der Waals surface area contributed by atoms with Crippen LogP contribution < -0.4 is 10.5 Å². The van der Waals surface area contributed by atoms with E-state index in [0.29, 0.717) is 0 Å². The maximum Gasteiger partial charge on any atom is 0.573 e. The molecule has 1 heterocycles. The molecule has 0 unspecified atom stereocenters. The van der Waals surface area contributed by atoms with Gasteiger partial charge in [-0.15, -0.1) is 13.2 Å². The monoisotopic (exact) mass is 284 g/mol. The Morgan fingerprint density at radius 1 is 1.53 bits per heavy atom. The summed E-state index contributed by atoms with van der Waals surface area (Å²) in [5.41, 5.74) is 6.04. The van der Waals surface area contributed by atoms with E-state index in [0.717, 1.165) is 0 Å². The van der Waals surface area contributed by atoms with E-state index in [1.54, 1.807) is 0 Å². The van der Waals surface area contributed by atoms with Gasteiger partial charge in [0.05, 0.1) is 17.6 Å². The van der Waals surface area contributed by atoms with Crippen LogP contribution in [0.2, 0.25) is 0 Å². The molecule has 1 aromatic heterocycles. The fraction of sp³-hybridized carbons (Fsp3) is 0.375. The summed E-state index contributed by atoms with van der Waals surface area (Å²) in [6, 6.07) is 0. The van der Waals surface area contributed by atoms with Gasteiger partial charge >= 0.3 is 6.36 Å². The molecule has 0 spiro atoms. The SMILES string of the molecule is Cc1ncc(N)c(CBr)c1OC(F)(F)F. The normalized spacial score (nSPS) is 11.5. The first-order valence-corrected chi connectivity index (χ1v) is 5.03. The molecule has 0 aliphatic rings. The van der Waals surface area contributed by atoms with Gasteiger partial charge in [-0.25, -0.2) is 0 Å². The summed E-state index contributed by atoms with van der Waals surface area (Å²) >= 11 is 3.05. The molecule has 2 N–H and O–H groups in total. The summed E-state index contributed by atoms with van der Waals surface area (Å²) in [6.07, 6.45) is -3.44. The molecule has 84 valence electrons. The standard InChI is InChI=1S/C8H8BrF3N2O/c1-4-7(15-8(10,11)12)5(2-9)6(13)3-14-4/h3H,2,13H2,1H3. The Kier molecular flexibility index (Phi) is 3.43. The highest BCUT2D eigenvalue weighted by molar-refractivity contribution is 9.08. The van der Waals surface area contributed by atoms with E-state index in [4.69, 9.17) is 5.73 Å². The number of pyridine rings is 1. The Morgan fingerprint density at radius 2 is 2.13 bits per heavy atom. The van der Waals surface area contributed by atoms with E-state index >= 15 is 0 Å². The number of nitrogens with two attached hydrogens (primary N) is 1. The minimum absolute atomic E-state index is 0.149. The molecule has 0 fully saturated rings. The minimum Gasteiger partial charge on any atom is -0.403 e. The Bertz CT molecular complexity index is 368. The zero-order valence-corrected chi connectivity index (χ0v) is 9.32. The third kappa shape index (κ3) is 2.98. The number of aryl methyl sites for hydroxylation is 1. The molecule has 0 bridgehead atoms. The molecule has 0 atom stereocenters. The molecule has 0 saturated heterocycles. The van der Waals surface area contributed by atoms with Gasteiger partial charge in [0.1, 0.15) is 0 Å². The number of nitrogens with zero attached hydrogens (tertiary/aromatic N) is 1. The number of aromatic nitrogens is 1. The van der Waals surface area contributed by atoms with Crippen molar-refractivity contribution < 1.29 is 17.9 Å². The molecular weight excluding hydrogens is 277 g/mol. The van der Waals surface area contributed by atoms with Crippen LogP contribution >= 0.6 is 15.9 Å². The quantitative estimate of drug-likeness (QED) is 0.850. The molecule has 3 nitrogen and oxygen atoms in total. The highest BCUT2D eigenvalue weighted by Crippen LogP contribution is 2.33. The van der Waals surface area contributed by atoms with Crippen LogP contribution in [0.3, 0.4) is 0 Å². The summed E-state index contributed by atoms with van der Waals surface area (Å²) in [6.45, 7) is 1.42. The van der Waals surface area contributed by atoms with Gasteiger partial charge in [0.2, 0.25) is 0 Å². The lowest BCUT2D eigenvalue weighted by Gasteiger charge is -2.15. The van der Waals surface area contributed by atoms with E-state index in [2.05, 4.69) is 25.7 Å². The third-order valence-electron chi connectivity index (χ3n) is 1.70. The van der Waals surface area contributed by atoms with E-state index in [-0.39, 0.29) is 28.0 Å². The fourth-order valence-electron chi connectivity index (χ4n) is 1.04. The molecule has 1 aromatic rings. The topological polar surface area (TPSA) is 48.1 Å². The van der Waals surface area contributed by atoms with Crippen molar-refractivity contribution in [3.8, 4) is 5.75 Å². The van der Waals surface area contributed by atoms with Gasteiger partial charge in [0, 0.05) is 10.9 Å². The van der Waals surface area contributed by atoms with Crippen molar-refractivity contribution in [3.05, 3.63) is 17.5 Å². The van der Waals surface area contributed by atoms with E-state index in [9.17, 15) is 13.2 Å². The van der Waals surface area contributed by atoms with Gasteiger partial charge in [0.15, 0.2) is 5.75 Å². The number of halogens is 4. The van der Waals surface area contributed by atoms with Crippen LogP contribution in [0.25, 0.3) is 0 Å². The second-order valence-corrected chi connectivity index (χ2v) is 3.35. The molecule has 0 aromatic carbocycles. The number of alkyl halides is 4. The Morgan fingerprint density at radius 3 is 2.60 bits per heavy atom. The number of hydrogen-bond donors (Lipinski definition) is 1. The number of nitrogen functional groups attached to an aromatic ring is 1. The molecule has 0 aliphatic heterocycles. The first-order chi connectivity index (χ1) is 6.85. The lowest BCUT2D eigenvalue weighted by Crippen LogP contribution is -2.19. The fourth-order valence-corrected chi connectivity index (χ4v) is 1.62. The molecule has 15 heavy (non-hydrogen) atoms. The van der Waals surface area contributed by atoms with Crippen LogP contribution in [0.5, 0.6) is 5.75 Å². The van der Waals surface area contributed by atoms with Crippen molar-refractivity contribution in [2.45, 2.75) is 18.6 Å². The van der Waals surface area contributed by atoms with Crippen LogP contribution in [-0.2, 0) is 5.33 Å². The Labute approximate surface area is 92.6 Å². The molecule has 0 amide bonds. The average Bonchev–Trinajstić information content (AvgIpc) is 2.10. The highest BCUT2D eigenvalue weighted by Gasteiger charge is 2.33. The largest absolute Gasteiger partial charge is 0.573 e. The number of anilines is 1. The summed E-state index contributed by atoms with van der Waals surface area (Å²) in [5.74, 6) is -0.334. The predicted molar refractivity (Wildman–Crippen MR) is 52.7 cm³/mol. The minimum atomic E-state index is -4.74. The van der Waals surface area contributed by atoms with Gasteiger partial charge in [0.25, 0.3) is 0 Å². The number of rotatable bonds is 2. The van der Waals surface area contributed by atoms with Gasteiger partial charge in [-0.3, -0.25) is 4.98 Å². The third-order valence-corrected chi connectivity index (χ3v) is 2.26. The maximum absolute atomic E-state index is 12.1. The van der Waals surface area contributed by atoms with Crippen LogP contribution in [0.15, 0.2) is 6.20 Å². The lowest BCUT2D eigenvalue weighted by molar-refractivity contribution is -0.275. The first kappa shape index (κ1) is 12.1. The molecule has 0 saturated carbocycles. The Balaban J connectivity index is 3.20. The van der Waals surface area contributed by atoms with Crippen LogP contribution in [0.4, 0.5) is 18.9 Å². The number of hydrogen-bond acceptors (Lipinski definition) is 3. The van der Waals surface area contributed by atoms with Crippen molar-refractivity contribution in [1.29, 1.82) is 0 Å². The van der Waals surface area contributed by atoms with E-state index < -0.39 is 6.36 Å². The molecule has 1 rings (SSSR count). The molecular formula is C8H8BrF3N2O. The van der Waals surface area contributed by atoms with E-state index in [1.165, 1.54) is 13.1 Å². The second-order valence-electron chi connectivity index (χ2n) is 2.79. The summed E-state index contributed by atoms with van der Waals surface area (Å²) in [4.78, 5) is 3.70. The van der Waals surface area contributed by atoms with Crippen molar-refractivity contribution in [1.82, 2.24) is 4.98 Å². The van der Waals surface area contributed by atoms with Crippen LogP contribution in [0.1, 0.15) is 11.3 Å². The van der Waals surface area contributed by atoms with Crippen LogP contribution in [0, 0.1) is 6.92 Å². The van der Waals surface area contributed by atoms with E-state index in [1.807, 2.05) is 0 Å². The Hall–Kier alpha value is -0.980. The summed E-state index contributed by atoms with van der Waals surface area (Å²) in [5, 5.41) is 0.174. The summed E-state index contributed by atoms with van der Waals surface area (Å²) in [7, 11) is 0.